The van der Waals surface area contributed by atoms with Crippen molar-refractivity contribution >= 4 is 39.3 Å². The molecule has 2 rings (SSSR count). The molecule has 0 heterocycles. The highest BCUT2D eigenvalue weighted by atomic mass is 79.9. The fourth-order valence-electron chi connectivity index (χ4n) is 2.13. The second-order valence-electron chi connectivity index (χ2n) is 4.55. The van der Waals surface area contributed by atoms with E-state index < -0.39 is 0 Å². The van der Waals surface area contributed by atoms with E-state index in [-0.39, 0.29) is 6.04 Å². The van der Waals surface area contributed by atoms with Crippen LogP contribution in [0.5, 0.6) is 0 Å². The van der Waals surface area contributed by atoms with Gasteiger partial charge in [0.2, 0.25) is 0 Å². The number of halogens is 2. The highest BCUT2D eigenvalue weighted by Crippen LogP contribution is 2.27. The second kappa shape index (κ2) is 7.51. The van der Waals surface area contributed by atoms with Crippen molar-refractivity contribution in [1.82, 2.24) is 5.32 Å². The third-order valence-corrected chi connectivity index (χ3v) is 4.89. The molecule has 20 heavy (non-hydrogen) atoms. The molecule has 0 spiro atoms. The Labute approximate surface area is 138 Å². The van der Waals surface area contributed by atoms with E-state index in [1.54, 1.807) is 11.8 Å². The fraction of sp³-hybridized carbons (Fsp3) is 0.250. The SMILES string of the molecule is CNC(Cc1ccc(Br)cc1Cl)c1ccc(SC)cc1. The van der Waals surface area contributed by atoms with Crippen molar-refractivity contribution in [3.63, 3.8) is 0 Å². The van der Waals surface area contributed by atoms with Crippen molar-refractivity contribution in [2.24, 2.45) is 0 Å². The number of benzene rings is 2. The normalized spacial score (nSPS) is 12.4. The molecule has 2 aromatic carbocycles. The van der Waals surface area contributed by atoms with Gasteiger partial charge in [-0.15, -0.1) is 11.8 Å². The highest BCUT2D eigenvalue weighted by molar-refractivity contribution is 9.10. The molecule has 1 nitrogen and oxygen atoms in total. The maximum atomic E-state index is 6.30. The zero-order valence-corrected chi connectivity index (χ0v) is 14.6. The summed E-state index contributed by atoms with van der Waals surface area (Å²) in [6.45, 7) is 0. The largest absolute Gasteiger partial charge is 0.313 e. The van der Waals surface area contributed by atoms with Crippen molar-refractivity contribution < 1.29 is 0 Å². The summed E-state index contributed by atoms with van der Waals surface area (Å²) < 4.78 is 1.01. The summed E-state index contributed by atoms with van der Waals surface area (Å²) in [6, 6.07) is 15.0. The van der Waals surface area contributed by atoms with Crippen LogP contribution >= 0.6 is 39.3 Å². The van der Waals surface area contributed by atoms with E-state index in [9.17, 15) is 0 Å². The molecule has 0 fully saturated rings. The Kier molecular flexibility index (Phi) is 5.97. The molecule has 0 saturated heterocycles. The van der Waals surface area contributed by atoms with Crippen molar-refractivity contribution in [1.29, 1.82) is 0 Å². The van der Waals surface area contributed by atoms with Gasteiger partial charge in [-0.3, -0.25) is 0 Å². The minimum absolute atomic E-state index is 0.268. The van der Waals surface area contributed by atoms with Crippen LogP contribution in [0, 0.1) is 0 Å². The highest BCUT2D eigenvalue weighted by Gasteiger charge is 2.12. The quantitative estimate of drug-likeness (QED) is 0.714. The monoisotopic (exact) mass is 369 g/mol. The van der Waals surface area contributed by atoms with E-state index in [1.807, 2.05) is 19.2 Å². The number of hydrogen-bond donors (Lipinski definition) is 1. The zero-order valence-electron chi connectivity index (χ0n) is 11.5. The third kappa shape index (κ3) is 4.01. The standard InChI is InChI=1S/C16H17BrClNS/c1-19-16(11-4-7-14(20-2)8-5-11)9-12-3-6-13(17)10-15(12)18/h3-8,10,16,19H,9H2,1-2H3. The molecule has 0 aliphatic rings. The molecular weight excluding hydrogens is 354 g/mol. The maximum absolute atomic E-state index is 6.30. The van der Waals surface area contributed by atoms with Crippen molar-refractivity contribution in [3.8, 4) is 0 Å². The van der Waals surface area contributed by atoms with Gasteiger partial charge in [0.15, 0.2) is 0 Å². The molecule has 2 aromatic rings. The minimum Gasteiger partial charge on any atom is -0.313 e. The van der Waals surface area contributed by atoms with Gasteiger partial charge in [-0.05, 0) is 55.1 Å². The maximum Gasteiger partial charge on any atom is 0.0449 e. The lowest BCUT2D eigenvalue weighted by atomic mass is 9.99. The summed E-state index contributed by atoms with van der Waals surface area (Å²) in [5, 5.41) is 4.17. The molecule has 0 aliphatic heterocycles. The van der Waals surface area contributed by atoms with Gasteiger partial charge in [0, 0.05) is 20.4 Å². The van der Waals surface area contributed by atoms with Gasteiger partial charge in [0.1, 0.15) is 0 Å². The number of thioether (sulfide) groups is 1. The first kappa shape index (κ1) is 15.9. The van der Waals surface area contributed by atoms with Gasteiger partial charge in [-0.1, -0.05) is 45.7 Å². The van der Waals surface area contributed by atoms with Gasteiger partial charge in [0.25, 0.3) is 0 Å². The van der Waals surface area contributed by atoms with Crippen LogP contribution in [0.3, 0.4) is 0 Å². The Hall–Kier alpha value is -0.480. The summed E-state index contributed by atoms with van der Waals surface area (Å²) >= 11 is 11.5. The zero-order chi connectivity index (χ0) is 14.5. The summed E-state index contributed by atoms with van der Waals surface area (Å²) in [5.41, 5.74) is 2.44. The van der Waals surface area contributed by atoms with Gasteiger partial charge in [-0.25, -0.2) is 0 Å². The number of hydrogen-bond acceptors (Lipinski definition) is 2. The van der Waals surface area contributed by atoms with Crippen LogP contribution < -0.4 is 5.32 Å². The topological polar surface area (TPSA) is 12.0 Å². The molecule has 1 unspecified atom stereocenters. The molecule has 1 N–H and O–H groups in total. The van der Waals surface area contributed by atoms with E-state index >= 15 is 0 Å². The minimum atomic E-state index is 0.268. The fourth-order valence-corrected chi connectivity index (χ4v) is 3.29. The first-order valence-corrected chi connectivity index (χ1v) is 8.78. The van der Waals surface area contributed by atoms with Crippen LogP contribution in [0.15, 0.2) is 51.8 Å². The van der Waals surface area contributed by atoms with Gasteiger partial charge in [-0.2, -0.15) is 0 Å². The Balaban J connectivity index is 2.19. The molecule has 1 atom stereocenters. The van der Waals surface area contributed by atoms with E-state index in [1.165, 1.54) is 10.5 Å². The Morgan fingerprint density at radius 2 is 1.90 bits per heavy atom. The molecule has 0 aromatic heterocycles. The number of rotatable bonds is 5. The van der Waals surface area contributed by atoms with Gasteiger partial charge < -0.3 is 5.32 Å². The van der Waals surface area contributed by atoms with Crippen LogP contribution in [0.25, 0.3) is 0 Å². The molecule has 4 heteroatoms. The molecule has 0 bridgehead atoms. The lowest BCUT2D eigenvalue weighted by Crippen LogP contribution is -2.18. The number of nitrogens with one attached hydrogen (secondary N) is 1. The van der Waals surface area contributed by atoms with E-state index in [2.05, 4.69) is 57.8 Å². The lowest BCUT2D eigenvalue weighted by molar-refractivity contribution is 0.592. The van der Waals surface area contributed by atoms with Crippen molar-refractivity contribution in [2.45, 2.75) is 17.4 Å². The first-order valence-electron chi connectivity index (χ1n) is 6.39. The Bertz CT molecular complexity index is 571. The smallest absolute Gasteiger partial charge is 0.0449 e. The van der Waals surface area contributed by atoms with Crippen LogP contribution in [-0.4, -0.2) is 13.3 Å². The second-order valence-corrected chi connectivity index (χ2v) is 6.76. The van der Waals surface area contributed by atoms with E-state index in [4.69, 9.17) is 11.6 Å². The van der Waals surface area contributed by atoms with Crippen LogP contribution in [0.1, 0.15) is 17.2 Å². The van der Waals surface area contributed by atoms with E-state index in [0.717, 1.165) is 21.5 Å². The van der Waals surface area contributed by atoms with Crippen LogP contribution in [0.2, 0.25) is 5.02 Å². The Morgan fingerprint density at radius 1 is 1.20 bits per heavy atom. The van der Waals surface area contributed by atoms with E-state index in [0.29, 0.717) is 0 Å². The molecule has 106 valence electrons. The summed E-state index contributed by atoms with van der Waals surface area (Å²) in [7, 11) is 1.99. The van der Waals surface area contributed by atoms with Crippen molar-refractivity contribution in [3.05, 3.63) is 63.1 Å². The van der Waals surface area contributed by atoms with Gasteiger partial charge >= 0.3 is 0 Å². The van der Waals surface area contributed by atoms with Crippen molar-refractivity contribution in [2.75, 3.05) is 13.3 Å². The molecule has 0 aliphatic carbocycles. The average Bonchev–Trinajstić information content (AvgIpc) is 2.47. The molecule has 0 radical (unpaired) electrons. The van der Waals surface area contributed by atoms with Crippen LogP contribution in [0.4, 0.5) is 0 Å². The summed E-state index contributed by atoms with van der Waals surface area (Å²) in [4.78, 5) is 1.28. The molecule has 0 amide bonds. The lowest BCUT2D eigenvalue weighted by Gasteiger charge is -2.18. The molecular formula is C16H17BrClNS. The van der Waals surface area contributed by atoms with Crippen LogP contribution in [-0.2, 0) is 6.42 Å². The third-order valence-electron chi connectivity index (χ3n) is 3.31. The predicted octanol–water partition coefficient (Wildman–Crippen LogP) is 5.33. The summed E-state index contributed by atoms with van der Waals surface area (Å²) in [6.07, 6.45) is 2.97. The predicted molar refractivity (Wildman–Crippen MR) is 92.9 cm³/mol. The average molecular weight is 371 g/mol. The molecule has 0 saturated carbocycles. The van der Waals surface area contributed by atoms with Gasteiger partial charge in [0.05, 0.1) is 0 Å². The summed E-state index contributed by atoms with van der Waals surface area (Å²) in [5.74, 6) is 0. The number of likely N-dealkylation sites (N-methyl/N-ethyl adjacent to an activating group) is 1. The Morgan fingerprint density at radius 3 is 2.45 bits per heavy atom. The first-order chi connectivity index (χ1) is 9.63.